The molecule has 6 heteroatoms. The zero-order valence-corrected chi connectivity index (χ0v) is 12.4. The average Bonchev–Trinajstić information content (AvgIpc) is 2.59. The van der Waals surface area contributed by atoms with Gasteiger partial charge in [0, 0.05) is 24.2 Å². The molecule has 0 aliphatic heterocycles. The maximum atomic E-state index is 12.2. The van der Waals surface area contributed by atoms with Crippen molar-refractivity contribution in [3.05, 3.63) is 70.2 Å². The molecule has 1 amide bonds. The Morgan fingerprint density at radius 3 is 2.91 bits per heavy atom. The first-order chi connectivity index (χ1) is 11.2. The summed E-state index contributed by atoms with van der Waals surface area (Å²) in [6.45, 7) is 0.254. The van der Waals surface area contributed by atoms with Gasteiger partial charge in [-0.2, -0.15) is 0 Å². The highest BCUT2D eigenvalue weighted by atomic mass is 16.5. The predicted molar refractivity (Wildman–Crippen MR) is 84.4 cm³/mol. The molecule has 0 atom stereocenters. The van der Waals surface area contributed by atoms with Crippen LogP contribution in [0.3, 0.4) is 0 Å². The van der Waals surface area contributed by atoms with Crippen LogP contribution in [0.2, 0.25) is 0 Å². The molecule has 0 aliphatic rings. The van der Waals surface area contributed by atoms with Gasteiger partial charge in [-0.1, -0.05) is 18.2 Å². The van der Waals surface area contributed by atoms with Crippen LogP contribution in [0.25, 0.3) is 11.0 Å². The fourth-order valence-electron chi connectivity index (χ4n) is 2.17. The molecular formula is C17H14N2O4. The second-order valence-electron chi connectivity index (χ2n) is 4.87. The van der Waals surface area contributed by atoms with Crippen molar-refractivity contribution in [3.63, 3.8) is 0 Å². The Hall–Kier alpha value is -3.15. The Morgan fingerprint density at radius 1 is 1.26 bits per heavy atom. The van der Waals surface area contributed by atoms with E-state index in [1.165, 1.54) is 13.2 Å². The van der Waals surface area contributed by atoms with Gasteiger partial charge in [0.1, 0.15) is 11.1 Å². The summed E-state index contributed by atoms with van der Waals surface area (Å²) in [5.41, 5.74) is 0.585. The third kappa shape index (κ3) is 3.21. The van der Waals surface area contributed by atoms with Crippen molar-refractivity contribution in [2.75, 3.05) is 7.11 Å². The van der Waals surface area contributed by atoms with Crippen molar-refractivity contribution in [2.24, 2.45) is 0 Å². The van der Waals surface area contributed by atoms with Gasteiger partial charge in [0.15, 0.2) is 0 Å². The molecule has 3 rings (SSSR count). The van der Waals surface area contributed by atoms with Gasteiger partial charge in [-0.3, -0.25) is 4.79 Å². The van der Waals surface area contributed by atoms with E-state index in [1.54, 1.807) is 36.5 Å². The standard InChI is InChI=1S/C17H14N2O4/c1-22-15-8-11(6-7-18-15)10-19-16(20)13-9-12-4-2-3-5-14(12)23-17(13)21/h2-9H,10H2,1H3,(H,19,20). The van der Waals surface area contributed by atoms with Crippen LogP contribution in [0.5, 0.6) is 5.88 Å². The topological polar surface area (TPSA) is 81.4 Å². The third-order valence-electron chi connectivity index (χ3n) is 3.35. The van der Waals surface area contributed by atoms with Crippen LogP contribution >= 0.6 is 0 Å². The minimum absolute atomic E-state index is 0.0234. The van der Waals surface area contributed by atoms with E-state index in [4.69, 9.17) is 9.15 Å². The van der Waals surface area contributed by atoms with Crippen molar-refractivity contribution in [1.82, 2.24) is 10.3 Å². The Bertz CT molecular complexity index is 918. The van der Waals surface area contributed by atoms with E-state index >= 15 is 0 Å². The highest BCUT2D eigenvalue weighted by Gasteiger charge is 2.13. The molecule has 0 saturated heterocycles. The number of ether oxygens (including phenoxy) is 1. The Balaban J connectivity index is 1.80. The number of pyridine rings is 1. The zero-order valence-electron chi connectivity index (χ0n) is 12.4. The van der Waals surface area contributed by atoms with Crippen LogP contribution in [0, 0.1) is 0 Å². The Kier molecular flexibility index (Phi) is 4.05. The van der Waals surface area contributed by atoms with Crippen molar-refractivity contribution >= 4 is 16.9 Å². The molecule has 1 N–H and O–H groups in total. The molecule has 116 valence electrons. The maximum Gasteiger partial charge on any atom is 0.349 e. The average molecular weight is 310 g/mol. The van der Waals surface area contributed by atoms with E-state index in [9.17, 15) is 9.59 Å². The number of fused-ring (bicyclic) bond motifs is 1. The van der Waals surface area contributed by atoms with Gasteiger partial charge in [0.2, 0.25) is 5.88 Å². The van der Waals surface area contributed by atoms with Gasteiger partial charge in [-0.05, 0) is 23.8 Å². The number of aromatic nitrogens is 1. The second kappa shape index (κ2) is 6.31. The highest BCUT2D eigenvalue weighted by Crippen LogP contribution is 2.13. The van der Waals surface area contributed by atoms with Gasteiger partial charge in [-0.15, -0.1) is 0 Å². The van der Waals surface area contributed by atoms with E-state index in [1.807, 2.05) is 6.07 Å². The molecule has 0 radical (unpaired) electrons. The molecule has 0 spiro atoms. The van der Waals surface area contributed by atoms with E-state index < -0.39 is 11.5 Å². The number of carbonyl (C=O) groups excluding carboxylic acids is 1. The second-order valence-corrected chi connectivity index (χ2v) is 4.87. The number of benzene rings is 1. The van der Waals surface area contributed by atoms with Crippen molar-refractivity contribution in [2.45, 2.75) is 6.54 Å². The van der Waals surface area contributed by atoms with Crippen LogP contribution in [-0.2, 0) is 6.54 Å². The molecule has 0 unspecified atom stereocenters. The molecule has 0 fully saturated rings. The van der Waals surface area contributed by atoms with E-state index in [0.29, 0.717) is 16.8 Å². The van der Waals surface area contributed by atoms with E-state index in [-0.39, 0.29) is 12.1 Å². The first-order valence-corrected chi connectivity index (χ1v) is 6.97. The van der Waals surface area contributed by atoms with Gasteiger partial charge >= 0.3 is 5.63 Å². The maximum absolute atomic E-state index is 12.2. The van der Waals surface area contributed by atoms with Crippen molar-refractivity contribution < 1.29 is 13.9 Å². The number of nitrogens with one attached hydrogen (secondary N) is 1. The largest absolute Gasteiger partial charge is 0.481 e. The molecule has 0 saturated carbocycles. The predicted octanol–water partition coefficient (Wildman–Crippen LogP) is 2.13. The number of rotatable bonds is 4. The minimum Gasteiger partial charge on any atom is -0.481 e. The van der Waals surface area contributed by atoms with E-state index in [2.05, 4.69) is 10.3 Å². The summed E-state index contributed by atoms with van der Waals surface area (Å²) < 4.78 is 10.2. The first kappa shape index (κ1) is 14.8. The fraction of sp³-hybridized carbons (Fsp3) is 0.118. The fourth-order valence-corrected chi connectivity index (χ4v) is 2.17. The van der Waals surface area contributed by atoms with E-state index in [0.717, 1.165) is 5.56 Å². The third-order valence-corrected chi connectivity index (χ3v) is 3.35. The van der Waals surface area contributed by atoms with Crippen LogP contribution in [0.1, 0.15) is 15.9 Å². The number of para-hydroxylation sites is 1. The lowest BCUT2D eigenvalue weighted by Crippen LogP contribution is -2.27. The molecule has 6 nitrogen and oxygen atoms in total. The summed E-state index contributed by atoms with van der Waals surface area (Å²) in [5, 5.41) is 3.39. The first-order valence-electron chi connectivity index (χ1n) is 6.97. The summed E-state index contributed by atoms with van der Waals surface area (Å²) in [7, 11) is 1.52. The number of nitrogens with zero attached hydrogens (tertiary/aromatic N) is 1. The lowest BCUT2D eigenvalue weighted by atomic mass is 10.1. The van der Waals surface area contributed by atoms with Crippen LogP contribution < -0.4 is 15.7 Å². The number of hydrogen-bond acceptors (Lipinski definition) is 5. The van der Waals surface area contributed by atoms with Crippen molar-refractivity contribution in [3.8, 4) is 5.88 Å². The molecule has 3 aromatic rings. The monoisotopic (exact) mass is 310 g/mol. The number of amides is 1. The van der Waals surface area contributed by atoms with Crippen LogP contribution in [-0.4, -0.2) is 18.0 Å². The molecule has 23 heavy (non-hydrogen) atoms. The van der Waals surface area contributed by atoms with Gasteiger partial charge in [0.05, 0.1) is 7.11 Å². The summed E-state index contributed by atoms with van der Waals surface area (Å²) in [4.78, 5) is 28.1. The number of carbonyl (C=O) groups is 1. The molecule has 2 heterocycles. The molecule has 0 bridgehead atoms. The number of hydrogen-bond donors (Lipinski definition) is 1. The summed E-state index contributed by atoms with van der Waals surface area (Å²) in [5.74, 6) is -0.0257. The zero-order chi connectivity index (χ0) is 16.2. The molecule has 2 aromatic heterocycles. The van der Waals surface area contributed by atoms with Gasteiger partial charge in [0.25, 0.3) is 5.91 Å². The minimum atomic E-state index is -0.659. The van der Waals surface area contributed by atoms with Gasteiger partial charge in [-0.25, -0.2) is 9.78 Å². The normalized spacial score (nSPS) is 10.5. The highest BCUT2D eigenvalue weighted by molar-refractivity contribution is 5.96. The lowest BCUT2D eigenvalue weighted by molar-refractivity contribution is 0.0947. The Morgan fingerprint density at radius 2 is 2.09 bits per heavy atom. The van der Waals surface area contributed by atoms with Crippen molar-refractivity contribution in [1.29, 1.82) is 0 Å². The lowest BCUT2D eigenvalue weighted by Gasteiger charge is -2.06. The summed E-state index contributed by atoms with van der Waals surface area (Å²) in [6, 6.07) is 12.0. The Labute approximate surface area is 131 Å². The smallest absolute Gasteiger partial charge is 0.349 e. The molecule has 0 aliphatic carbocycles. The molecule has 1 aromatic carbocycles. The quantitative estimate of drug-likeness (QED) is 0.747. The summed E-state index contributed by atoms with van der Waals surface area (Å²) >= 11 is 0. The summed E-state index contributed by atoms with van der Waals surface area (Å²) in [6.07, 6.45) is 1.59. The van der Waals surface area contributed by atoms with Crippen LogP contribution in [0.15, 0.2) is 57.9 Å². The van der Waals surface area contributed by atoms with Crippen LogP contribution in [0.4, 0.5) is 0 Å². The molecular weight excluding hydrogens is 296 g/mol. The number of methoxy groups -OCH3 is 1. The SMILES string of the molecule is COc1cc(CNC(=O)c2cc3ccccc3oc2=O)ccn1. The van der Waals surface area contributed by atoms with Gasteiger partial charge < -0.3 is 14.5 Å².